The molecule has 1 aromatic rings. The second kappa shape index (κ2) is 8.29. The minimum Gasteiger partial charge on any atom is -0.493 e. The molecule has 4 nitrogen and oxygen atoms in total. The minimum absolute atomic E-state index is 0.0855. The minimum atomic E-state index is -2.86. The average Bonchev–Trinajstić information content (AvgIpc) is 2.49. The van der Waals surface area contributed by atoms with Crippen LogP contribution in [0.3, 0.4) is 0 Å². The van der Waals surface area contributed by atoms with Crippen LogP contribution in [0.15, 0.2) is 18.2 Å². The van der Waals surface area contributed by atoms with Gasteiger partial charge >= 0.3 is 6.61 Å². The van der Waals surface area contributed by atoms with Gasteiger partial charge in [0.25, 0.3) is 0 Å². The van der Waals surface area contributed by atoms with E-state index in [1.165, 1.54) is 13.5 Å². The second-order valence-corrected chi connectivity index (χ2v) is 5.56. The summed E-state index contributed by atoms with van der Waals surface area (Å²) in [5.41, 5.74) is 6.63. The van der Waals surface area contributed by atoms with Gasteiger partial charge in [-0.05, 0) is 50.0 Å². The number of piperidine rings is 1. The SMILES string of the molecule is COc1ccc(CN2CCCCC2CCN)cc1OC(F)F. The summed E-state index contributed by atoms with van der Waals surface area (Å²) < 4.78 is 34.6. The molecule has 1 aromatic carbocycles. The van der Waals surface area contributed by atoms with Gasteiger partial charge in [0.15, 0.2) is 11.5 Å². The van der Waals surface area contributed by atoms with Crippen LogP contribution in [0.2, 0.25) is 0 Å². The molecule has 1 aliphatic rings. The van der Waals surface area contributed by atoms with E-state index in [0.29, 0.717) is 24.9 Å². The van der Waals surface area contributed by atoms with Gasteiger partial charge in [0.05, 0.1) is 7.11 Å². The first-order valence-electron chi connectivity index (χ1n) is 7.70. The van der Waals surface area contributed by atoms with Gasteiger partial charge in [-0.3, -0.25) is 4.90 Å². The molecule has 1 atom stereocenters. The number of hydrogen-bond donors (Lipinski definition) is 1. The summed E-state index contributed by atoms with van der Waals surface area (Å²) in [7, 11) is 1.44. The largest absolute Gasteiger partial charge is 0.493 e. The third-order valence-electron chi connectivity index (χ3n) is 4.08. The summed E-state index contributed by atoms with van der Waals surface area (Å²) in [5, 5.41) is 0. The zero-order valence-corrected chi connectivity index (χ0v) is 12.9. The third kappa shape index (κ3) is 4.55. The predicted molar refractivity (Wildman–Crippen MR) is 81.3 cm³/mol. The van der Waals surface area contributed by atoms with Crippen LogP contribution in [0.25, 0.3) is 0 Å². The molecule has 1 heterocycles. The first kappa shape index (κ1) is 17.0. The highest BCUT2D eigenvalue weighted by Crippen LogP contribution is 2.31. The summed E-state index contributed by atoms with van der Waals surface area (Å²) in [6.45, 7) is -0.455. The van der Waals surface area contributed by atoms with Gasteiger partial charge in [0, 0.05) is 12.6 Å². The Hall–Kier alpha value is -1.40. The van der Waals surface area contributed by atoms with Crippen molar-refractivity contribution in [1.29, 1.82) is 0 Å². The lowest BCUT2D eigenvalue weighted by atomic mass is 9.98. The van der Waals surface area contributed by atoms with Gasteiger partial charge in [0.2, 0.25) is 0 Å². The Morgan fingerprint density at radius 3 is 2.82 bits per heavy atom. The van der Waals surface area contributed by atoms with Gasteiger partial charge in [-0.2, -0.15) is 8.78 Å². The van der Waals surface area contributed by atoms with Crippen molar-refractivity contribution < 1.29 is 18.3 Å². The fraction of sp³-hybridized carbons (Fsp3) is 0.625. The van der Waals surface area contributed by atoms with Gasteiger partial charge < -0.3 is 15.2 Å². The lowest BCUT2D eigenvalue weighted by Crippen LogP contribution is -2.40. The first-order valence-corrected chi connectivity index (χ1v) is 7.70. The maximum Gasteiger partial charge on any atom is 0.387 e. The van der Waals surface area contributed by atoms with Crippen LogP contribution in [0.1, 0.15) is 31.2 Å². The molecule has 124 valence electrons. The smallest absolute Gasteiger partial charge is 0.387 e. The van der Waals surface area contributed by atoms with Crippen LogP contribution in [0.4, 0.5) is 8.78 Å². The average molecular weight is 314 g/mol. The quantitative estimate of drug-likeness (QED) is 0.840. The second-order valence-electron chi connectivity index (χ2n) is 5.56. The molecule has 0 radical (unpaired) electrons. The Bertz CT molecular complexity index is 469. The zero-order chi connectivity index (χ0) is 15.9. The van der Waals surface area contributed by atoms with Crippen LogP contribution in [0, 0.1) is 0 Å². The summed E-state index contributed by atoms with van der Waals surface area (Å²) in [6, 6.07) is 5.68. The van der Waals surface area contributed by atoms with E-state index < -0.39 is 6.61 Å². The molecule has 2 N–H and O–H groups in total. The van der Waals surface area contributed by atoms with Gasteiger partial charge in [-0.25, -0.2) is 0 Å². The summed E-state index contributed by atoms with van der Waals surface area (Å²) in [5.74, 6) is 0.406. The summed E-state index contributed by atoms with van der Waals surface area (Å²) in [6.07, 6.45) is 4.51. The van der Waals surface area contributed by atoms with E-state index in [2.05, 4.69) is 9.64 Å². The highest BCUT2D eigenvalue weighted by atomic mass is 19.3. The number of alkyl halides is 2. The highest BCUT2D eigenvalue weighted by molar-refractivity contribution is 5.43. The number of nitrogens with zero attached hydrogens (tertiary/aromatic N) is 1. The van der Waals surface area contributed by atoms with Crippen LogP contribution < -0.4 is 15.2 Å². The van der Waals surface area contributed by atoms with Crippen LogP contribution in [-0.4, -0.2) is 37.8 Å². The molecule has 6 heteroatoms. The van der Waals surface area contributed by atoms with E-state index in [0.717, 1.165) is 31.4 Å². The van der Waals surface area contributed by atoms with Crippen LogP contribution in [0.5, 0.6) is 11.5 Å². The molecule has 2 rings (SSSR count). The number of methoxy groups -OCH3 is 1. The van der Waals surface area contributed by atoms with Gasteiger partial charge in [0.1, 0.15) is 0 Å². The molecule has 0 bridgehead atoms. The molecular weight excluding hydrogens is 290 g/mol. The normalized spacial score (nSPS) is 19.4. The molecule has 1 unspecified atom stereocenters. The standard InChI is InChI=1S/C16H24F2N2O2/c1-21-14-6-5-12(10-15(14)22-16(17)18)11-20-9-3-2-4-13(20)7-8-19/h5-6,10,13,16H,2-4,7-9,11,19H2,1H3. The predicted octanol–water partition coefficient (Wildman–Crippen LogP) is 3.00. The maximum atomic E-state index is 12.5. The van der Waals surface area contributed by atoms with Gasteiger partial charge in [-0.1, -0.05) is 12.5 Å². The Morgan fingerprint density at radius 1 is 1.32 bits per heavy atom. The van der Waals surface area contributed by atoms with Crippen LogP contribution in [-0.2, 0) is 6.54 Å². The molecule has 0 aliphatic carbocycles. The number of ether oxygens (including phenoxy) is 2. The topological polar surface area (TPSA) is 47.7 Å². The molecule has 0 aromatic heterocycles. The monoisotopic (exact) mass is 314 g/mol. The third-order valence-corrected chi connectivity index (χ3v) is 4.08. The molecular formula is C16H24F2N2O2. The molecule has 22 heavy (non-hydrogen) atoms. The van der Waals surface area contributed by atoms with Crippen LogP contribution >= 0.6 is 0 Å². The number of rotatable bonds is 7. The number of halogens is 2. The van der Waals surface area contributed by atoms with E-state index in [-0.39, 0.29) is 5.75 Å². The molecule has 1 aliphatic heterocycles. The zero-order valence-electron chi connectivity index (χ0n) is 12.9. The fourth-order valence-electron chi connectivity index (χ4n) is 3.03. The lowest BCUT2D eigenvalue weighted by molar-refractivity contribution is -0.0512. The van der Waals surface area contributed by atoms with E-state index in [4.69, 9.17) is 10.5 Å². The van der Waals surface area contributed by atoms with E-state index in [9.17, 15) is 8.78 Å². The van der Waals surface area contributed by atoms with E-state index in [1.54, 1.807) is 12.1 Å². The molecule has 0 spiro atoms. The number of benzene rings is 1. The van der Waals surface area contributed by atoms with Gasteiger partial charge in [-0.15, -0.1) is 0 Å². The number of hydrogen-bond acceptors (Lipinski definition) is 4. The Morgan fingerprint density at radius 2 is 2.14 bits per heavy atom. The maximum absolute atomic E-state index is 12.5. The number of likely N-dealkylation sites (tertiary alicyclic amines) is 1. The summed E-state index contributed by atoms with van der Waals surface area (Å²) in [4.78, 5) is 2.38. The lowest BCUT2D eigenvalue weighted by Gasteiger charge is -2.35. The van der Waals surface area contributed by atoms with E-state index >= 15 is 0 Å². The Labute approximate surface area is 130 Å². The molecule has 1 saturated heterocycles. The van der Waals surface area contributed by atoms with Crippen molar-refractivity contribution in [1.82, 2.24) is 4.90 Å². The molecule has 0 saturated carbocycles. The van der Waals surface area contributed by atoms with Crippen molar-refractivity contribution in [3.63, 3.8) is 0 Å². The van der Waals surface area contributed by atoms with E-state index in [1.807, 2.05) is 6.07 Å². The van der Waals surface area contributed by atoms with Crippen molar-refractivity contribution in [3.05, 3.63) is 23.8 Å². The fourth-order valence-corrected chi connectivity index (χ4v) is 3.03. The van der Waals surface area contributed by atoms with Crippen molar-refractivity contribution in [2.75, 3.05) is 20.2 Å². The summed E-state index contributed by atoms with van der Waals surface area (Å²) >= 11 is 0. The Balaban J connectivity index is 2.10. The van der Waals surface area contributed by atoms with Crippen molar-refractivity contribution >= 4 is 0 Å². The van der Waals surface area contributed by atoms with Crippen molar-refractivity contribution in [3.8, 4) is 11.5 Å². The highest BCUT2D eigenvalue weighted by Gasteiger charge is 2.22. The van der Waals surface area contributed by atoms with Crippen molar-refractivity contribution in [2.24, 2.45) is 5.73 Å². The first-order chi connectivity index (χ1) is 10.6. The Kier molecular flexibility index (Phi) is 6.39. The molecule has 1 fully saturated rings. The number of nitrogens with two attached hydrogens (primary N) is 1. The molecule has 0 amide bonds. The van der Waals surface area contributed by atoms with Crippen molar-refractivity contribution in [2.45, 2.75) is 44.9 Å².